The van der Waals surface area contributed by atoms with E-state index in [4.69, 9.17) is 4.74 Å². The largest absolute Gasteiger partial charge is 0.490 e. The predicted octanol–water partition coefficient (Wildman–Crippen LogP) is 3.76. The van der Waals surface area contributed by atoms with Crippen molar-refractivity contribution in [2.24, 2.45) is 0 Å². The number of ether oxygens (including phenoxy) is 1. The molecular formula is C16H18N4OS. The average molecular weight is 314 g/mol. The van der Waals surface area contributed by atoms with Crippen LogP contribution in [-0.4, -0.2) is 26.4 Å². The number of fused-ring (bicyclic) bond motifs is 1. The SMILES string of the molecule is C=CCOc1cccc(-c2nn3c(CCCC)nnc3s2)c1. The predicted molar refractivity (Wildman–Crippen MR) is 88.4 cm³/mol. The third kappa shape index (κ3) is 3.01. The zero-order valence-corrected chi connectivity index (χ0v) is 13.3. The highest BCUT2D eigenvalue weighted by Crippen LogP contribution is 2.28. The van der Waals surface area contributed by atoms with E-state index < -0.39 is 0 Å². The van der Waals surface area contributed by atoms with Crippen molar-refractivity contribution in [1.29, 1.82) is 0 Å². The fourth-order valence-electron chi connectivity index (χ4n) is 2.14. The van der Waals surface area contributed by atoms with Gasteiger partial charge in [0.15, 0.2) is 5.82 Å². The highest BCUT2D eigenvalue weighted by Gasteiger charge is 2.13. The molecule has 0 fully saturated rings. The molecule has 0 saturated heterocycles. The van der Waals surface area contributed by atoms with Crippen LogP contribution >= 0.6 is 11.3 Å². The average Bonchev–Trinajstić information content (AvgIpc) is 3.12. The van der Waals surface area contributed by atoms with Crippen LogP contribution in [0.4, 0.5) is 0 Å². The lowest BCUT2D eigenvalue weighted by Crippen LogP contribution is -1.96. The van der Waals surface area contributed by atoms with Crippen molar-refractivity contribution >= 4 is 16.3 Å². The summed E-state index contributed by atoms with van der Waals surface area (Å²) >= 11 is 1.54. The van der Waals surface area contributed by atoms with Crippen molar-refractivity contribution in [1.82, 2.24) is 19.8 Å². The van der Waals surface area contributed by atoms with Crippen LogP contribution < -0.4 is 4.74 Å². The van der Waals surface area contributed by atoms with Gasteiger partial charge < -0.3 is 4.74 Å². The van der Waals surface area contributed by atoms with E-state index in [2.05, 4.69) is 28.8 Å². The monoisotopic (exact) mass is 314 g/mol. The van der Waals surface area contributed by atoms with Crippen molar-refractivity contribution < 1.29 is 4.74 Å². The van der Waals surface area contributed by atoms with Crippen LogP contribution in [0.3, 0.4) is 0 Å². The summed E-state index contributed by atoms with van der Waals surface area (Å²) in [6.45, 7) is 6.32. The molecule has 3 aromatic rings. The molecule has 0 aliphatic carbocycles. The summed E-state index contributed by atoms with van der Waals surface area (Å²) in [7, 11) is 0. The lowest BCUT2D eigenvalue weighted by Gasteiger charge is -2.03. The molecule has 0 unspecified atom stereocenters. The Kier molecular flexibility index (Phi) is 4.48. The number of hydrogen-bond acceptors (Lipinski definition) is 5. The van der Waals surface area contributed by atoms with Crippen LogP contribution in [0.1, 0.15) is 25.6 Å². The van der Waals surface area contributed by atoms with Gasteiger partial charge in [-0.15, -0.1) is 10.2 Å². The number of rotatable bonds is 7. The second kappa shape index (κ2) is 6.70. The Balaban J connectivity index is 1.89. The van der Waals surface area contributed by atoms with Gasteiger partial charge in [-0.25, -0.2) is 0 Å². The highest BCUT2D eigenvalue weighted by molar-refractivity contribution is 7.19. The number of benzene rings is 1. The van der Waals surface area contributed by atoms with Crippen molar-refractivity contribution in [3.8, 4) is 16.3 Å². The van der Waals surface area contributed by atoms with Crippen molar-refractivity contribution in [3.63, 3.8) is 0 Å². The van der Waals surface area contributed by atoms with Crippen LogP contribution in [0.2, 0.25) is 0 Å². The molecule has 2 aromatic heterocycles. The highest BCUT2D eigenvalue weighted by atomic mass is 32.1. The van der Waals surface area contributed by atoms with Gasteiger partial charge in [-0.05, 0) is 18.6 Å². The molecule has 0 aliphatic rings. The Morgan fingerprint density at radius 1 is 1.36 bits per heavy atom. The third-order valence-corrected chi connectivity index (χ3v) is 4.21. The van der Waals surface area contributed by atoms with Crippen LogP contribution in [-0.2, 0) is 6.42 Å². The van der Waals surface area contributed by atoms with Crippen LogP contribution in [0.5, 0.6) is 5.75 Å². The smallest absolute Gasteiger partial charge is 0.234 e. The molecule has 0 bridgehead atoms. The van der Waals surface area contributed by atoms with Gasteiger partial charge in [0.1, 0.15) is 17.4 Å². The number of nitrogens with zero attached hydrogens (tertiary/aromatic N) is 4. The van der Waals surface area contributed by atoms with E-state index in [0.717, 1.165) is 46.4 Å². The molecule has 0 N–H and O–H groups in total. The molecule has 1 aromatic carbocycles. The molecule has 0 aliphatic heterocycles. The summed E-state index contributed by atoms with van der Waals surface area (Å²) in [4.78, 5) is 0.832. The van der Waals surface area contributed by atoms with E-state index in [-0.39, 0.29) is 0 Å². The van der Waals surface area contributed by atoms with E-state index in [0.29, 0.717) is 6.61 Å². The van der Waals surface area contributed by atoms with Gasteiger partial charge >= 0.3 is 0 Å². The van der Waals surface area contributed by atoms with Crippen LogP contribution in [0.25, 0.3) is 15.5 Å². The second-order valence-electron chi connectivity index (χ2n) is 4.95. The van der Waals surface area contributed by atoms with E-state index in [1.807, 2.05) is 28.8 Å². The second-order valence-corrected chi connectivity index (χ2v) is 5.90. The molecule has 0 amide bonds. The van der Waals surface area contributed by atoms with Gasteiger partial charge in [0.05, 0.1) is 0 Å². The Bertz CT molecular complexity index is 777. The normalized spacial score (nSPS) is 11.0. The summed E-state index contributed by atoms with van der Waals surface area (Å²) in [5.74, 6) is 1.74. The maximum Gasteiger partial charge on any atom is 0.234 e. The number of hydrogen-bond donors (Lipinski definition) is 0. The molecule has 0 atom stereocenters. The summed E-state index contributed by atoms with van der Waals surface area (Å²) in [5.41, 5.74) is 1.03. The maximum absolute atomic E-state index is 5.57. The Morgan fingerprint density at radius 2 is 2.27 bits per heavy atom. The minimum atomic E-state index is 0.496. The number of aromatic nitrogens is 4. The van der Waals surface area contributed by atoms with Gasteiger partial charge in [-0.3, -0.25) is 0 Å². The quantitative estimate of drug-likeness (QED) is 0.623. The van der Waals surface area contributed by atoms with Gasteiger partial charge in [0.25, 0.3) is 0 Å². The zero-order valence-electron chi connectivity index (χ0n) is 12.5. The number of aryl methyl sites for hydroxylation is 1. The van der Waals surface area contributed by atoms with E-state index in [1.165, 1.54) is 11.3 Å². The maximum atomic E-state index is 5.57. The molecule has 22 heavy (non-hydrogen) atoms. The first-order valence-electron chi connectivity index (χ1n) is 7.37. The van der Waals surface area contributed by atoms with E-state index in [1.54, 1.807) is 6.08 Å². The Labute approximate surface area is 133 Å². The minimum Gasteiger partial charge on any atom is -0.490 e. The molecule has 5 nitrogen and oxygen atoms in total. The van der Waals surface area contributed by atoms with E-state index in [9.17, 15) is 0 Å². The Morgan fingerprint density at radius 3 is 3.09 bits per heavy atom. The molecule has 0 radical (unpaired) electrons. The standard InChI is InChI=1S/C16H18N4OS/c1-3-5-9-14-17-18-16-20(14)19-15(22-16)12-7-6-8-13(11-12)21-10-4-2/h4,6-8,11H,2-3,5,9-10H2,1H3. The van der Waals surface area contributed by atoms with Gasteiger partial charge in [0, 0.05) is 12.0 Å². The number of unbranched alkanes of at least 4 members (excludes halogenated alkanes) is 1. The van der Waals surface area contributed by atoms with Gasteiger partial charge in [0.2, 0.25) is 4.96 Å². The molecule has 114 valence electrons. The van der Waals surface area contributed by atoms with Crippen molar-refractivity contribution in [2.45, 2.75) is 26.2 Å². The fraction of sp³-hybridized carbons (Fsp3) is 0.312. The summed E-state index contributed by atoms with van der Waals surface area (Å²) in [6.07, 6.45) is 4.87. The third-order valence-electron chi connectivity index (χ3n) is 3.26. The first-order chi connectivity index (χ1) is 10.8. The van der Waals surface area contributed by atoms with Crippen LogP contribution in [0.15, 0.2) is 36.9 Å². The van der Waals surface area contributed by atoms with E-state index >= 15 is 0 Å². The molecule has 6 heteroatoms. The lowest BCUT2D eigenvalue weighted by atomic mass is 10.2. The Hall–Kier alpha value is -2.21. The van der Waals surface area contributed by atoms with Gasteiger partial charge in [-0.2, -0.15) is 9.61 Å². The summed E-state index contributed by atoms with van der Waals surface area (Å²) < 4.78 is 7.43. The van der Waals surface area contributed by atoms with Crippen molar-refractivity contribution in [2.75, 3.05) is 6.61 Å². The van der Waals surface area contributed by atoms with Crippen molar-refractivity contribution in [3.05, 3.63) is 42.7 Å². The van der Waals surface area contributed by atoms with Crippen LogP contribution in [0, 0.1) is 0 Å². The minimum absolute atomic E-state index is 0.496. The first-order valence-corrected chi connectivity index (χ1v) is 8.18. The summed E-state index contributed by atoms with van der Waals surface area (Å²) in [6, 6.07) is 7.91. The molecule has 0 spiro atoms. The zero-order chi connectivity index (χ0) is 15.4. The molecule has 3 rings (SSSR count). The summed E-state index contributed by atoms with van der Waals surface area (Å²) in [5, 5.41) is 14.0. The molecular weight excluding hydrogens is 296 g/mol. The fourth-order valence-corrected chi connectivity index (χ4v) is 2.99. The first kappa shape index (κ1) is 14.7. The lowest BCUT2D eigenvalue weighted by molar-refractivity contribution is 0.363. The topological polar surface area (TPSA) is 52.3 Å². The molecule has 2 heterocycles. The molecule has 0 saturated carbocycles. The van der Waals surface area contributed by atoms with Gasteiger partial charge in [-0.1, -0.05) is 49.5 Å².